The summed E-state index contributed by atoms with van der Waals surface area (Å²) in [5.74, 6) is 0.517. The van der Waals surface area contributed by atoms with Gasteiger partial charge in [0, 0.05) is 37.5 Å². The Labute approximate surface area is 124 Å². The first-order valence-corrected chi connectivity index (χ1v) is 7.10. The largest absolute Gasteiger partial charge is 0.381 e. The van der Waals surface area contributed by atoms with Gasteiger partial charge in [0.25, 0.3) is 0 Å². The van der Waals surface area contributed by atoms with E-state index in [4.69, 9.17) is 4.74 Å². The monoisotopic (exact) mass is 282 g/mol. The molecular formula is C17H18N2O2. The molecule has 1 amide bonds. The van der Waals surface area contributed by atoms with Crippen molar-refractivity contribution in [2.75, 3.05) is 24.7 Å². The van der Waals surface area contributed by atoms with E-state index in [1.165, 1.54) is 0 Å². The molecule has 1 saturated heterocycles. The van der Waals surface area contributed by atoms with Gasteiger partial charge in [0.15, 0.2) is 0 Å². The summed E-state index contributed by atoms with van der Waals surface area (Å²) in [4.78, 5) is 17.8. The van der Waals surface area contributed by atoms with Crippen LogP contribution >= 0.6 is 0 Å². The Kier molecular flexibility index (Phi) is 3.97. The number of hydrogen-bond acceptors (Lipinski definition) is 3. The summed E-state index contributed by atoms with van der Waals surface area (Å²) in [7, 11) is 0. The third-order valence-corrected chi connectivity index (χ3v) is 3.70. The fourth-order valence-electron chi connectivity index (χ4n) is 2.43. The molecule has 0 saturated carbocycles. The zero-order chi connectivity index (χ0) is 14.7. The highest BCUT2D eigenvalue weighted by atomic mass is 16.5. The SMILES string of the molecule is CC(=O)N(CC1COC1)c1ccc(-c2cccnc2)cc1. The van der Waals surface area contributed by atoms with Crippen LogP contribution < -0.4 is 4.90 Å². The molecule has 0 bridgehead atoms. The summed E-state index contributed by atoms with van der Waals surface area (Å²) in [6, 6.07) is 12.0. The van der Waals surface area contributed by atoms with Crippen LogP contribution in [0.5, 0.6) is 0 Å². The quantitative estimate of drug-likeness (QED) is 0.866. The molecule has 1 fully saturated rings. The molecule has 0 N–H and O–H groups in total. The summed E-state index contributed by atoms with van der Waals surface area (Å²) < 4.78 is 5.18. The van der Waals surface area contributed by atoms with Crippen molar-refractivity contribution in [1.82, 2.24) is 4.98 Å². The van der Waals surface area contributed by atoms with Gasteiger partial charge in [0.1, 0.15) is 0 Å². The molecule has 4 nitrogen and oxygen atoms in total. The fraction of sp³-hybridized carbons (Fsp3) is 0.294. The van der Waals surface area contributed by atoms with Gasteiger partial charge in [0.05, 0.1) is 13.2 Å². The second-order valence-corrected chi connectivity index (χ2v) is 5.32. The smallest absolute Gasteiger partial charge is 0.223 e. The first-order valence-electron chi connectivity index (χ1n) is 7.10. The molecule has 2 heterocycles. The first kappa shape index (κ1) is 13.8. The van der Waals surface area contributed by atoms with Crippen LogP contribution in [0.2, 0.25) is 0 Å². The molecule has 1 aromatic carbocycles. The van der Waals surface area contributed by atoms with Crippen molar-refractivity contribution in [2.24, 2.45) is 5.92 Å². The number of benzene rings is 1. The van der Waals surface area contributed by atoms with Gasteiger partial charge in [-0.1, -0.05) is 18.2 Å². The number of pyridine rings is 1. The molecule has 1 aromatic heterocycles. The van der Waals surface area contributed by atoms with Crippen LogP contribution in [0.3, 0.4) is 0 Å². The van der Waals surface area contributed by atoms with Crippen molar-refractivity contribution in [3.63, 3.8) is 0 Å². The van der Waals surface area contributed by atoms with Gasteiger partial charge in [0.2, 0.25) is 5.91 Å². The van der Waals surface area contributed by atoms with Crippen molar-refractivity contribution in [3.8, 4) is 11.1 Å². The van der Waals surface area contributed by atoms with Crippen LogP contribution in [0.15, 0.2) is 48.8 Å². The second-order valence-electron chi connectivity index (χ2n) is 5.32. The fourth-order valence-corrected chi connectivity index (χ4v) is 2.43. The summed E-state index contributed by atoms with van der Waals surface area (Å²) >= 11 is 0. The van der Waals surface area contributed by atoms with E-state index in [0.717, 1.165) is 36.6 Å². The van der Waals surface area contributed by atoms with E-state index in [0.29, 0.717) is 5.92 Å². The number of anilines is 1. The number of amides is 1. The van der Waals surface area contributed by atoms with E-state index < -0.39 is 0 Å². The highest BCUT2D eigenvalue weighted by Gasteiger charge is 2.23. The Bertz CT molecular complexity index is 606. The van der Waals surface area contributed by atoms with Crippen LogP contribution in [0.1, 0.15) is 6.92 Å². The molecule has 2 aromatic rings. The minimum absolute atomic E-state index is 0.0658. The van der Waals surface area contributed by atoms with Crippen molar-refractivity contribution >= 4 is 11.6 Å². The minimum Gasteiger partial charge on any atom is -0.381 e. The van der Waals surface area contributed by atoms with E-state index in [1.807, 2.05) is 47.5 Å². The normalized spacial score (nSPS) is 14.5. The third kappa shape index (κ3) is 3.11. The number of nitrogens with zero attached hydrogens (tertiary/aromatic N) is 2. The lowest BCUT2D eigenvalue weighted by molar-refractivity contribution is -0.117. The second kappa shape index (κ2) is 6.06. The van der Waals surface area contributed by atoms with Gasteiger partial charge in [-0.3, -0.25) is 9.78 Å². The Morgan fingerprint density at radius 2 is 2.00 bits per heavy atom. The van der Waals surface area contributed by atoms with Crippen LogP contribution in [-0.4, -0.2) is 30.6 Å². The van der Waals surface area contributed by atoms with Gasteiger partial charge in [-0.25, -0.2) is 0 Å². The van der Waals surface area contributed by atoms with E-state index >= 15 is 0 Å². The van der Waals surface area contributed by atoms with Gasteiger partial charge < -0.3 is 9.64 Å². The maximum absolute atomic E-state index is 11.8. The standard InChI is InChI=1S/C17H18N2O2/c1-13(20)19(10-14-11-21-12-14)17-6-4-15(5-7-17)16-3-2-8-18-9-16/h2-9,14H,10-12H2,1H3. The van der Waals surface area contributed by atoms with Crippen LogP contribution in [0, 0.1) is 5.92 Å². The summed E-state index contributed by atoms with van der Waals surface area (Å²) in [5, 5.41) is 0. The van der Waals surface area contributed by atoms with Gasteiger partial charge >= 0.3 is 0 Å². The zero-order valence-corrected chi connectivity index (χ0v) is 12.0. The summed E-state index contributed by atoms with van der Waals surface area (Å²) in [5.41, 5.74) is 3.11. The van der Waals surface area contributed by atoms with Crippen molar-refractivity contribution in [3.05, 3.63) is 48.8 Å². The zero-order valence-electron chi connectivity index (χ0n) is 12.0. The van der Waals surface area contributed by atoms with Crippen LogP contribution in [0.25, 0.3) is 11.1 Å². The molecule has 0 radical (unpaired) electrons. The van der Waals surface area contributed by atoms with Crippen molar-refractivity contribution < 1.29 is 9.53 Å². The molecule has 3 rings (SSSR count). The predicted octanol–water partition coefficient (Wildman–Crippen LogP) is 2.75. The van der Waals surface area contributed by atoms with E-state index in [9.17, 15) is 4.79 Å². The Morgan fingerprint density at radius 1 is 1.24 bits per heavy atom. The minimum atomic E-state index is 0.0658. The topological polar surface area (TPSA) is 42.4 Å². The molecule has 0 spiro atoms. The molecular weight excluding hydrogens is 264 g/mol. The molecule has 108 valence electrons. The summed E-state index contributed by atoms with van der Waals surface area (Å²) in [6.45, 7) is 3.82. The number of rotatable bonds is 4. The molecule has 1 aliphatic rings. The first-order chi connectivity index (χ1) is 10.2. The molecule has 1 aliphatic heterocycles. The number of hydrogen-bond donors (Lipinski definition) is 0. The maximum Gasteiger partial charge on any atom is 0.223 e. The van der Waals surface area contributed by atoms with Gasteiger partial charge in [-0.15, -0.1) is 0 Å². The molecule has 0 aliphatic carbocycles. The van der Waals surface area contributed by atoms with E-state index in [2.05, 4.69) is 4.98 Å². The van der Waals surface area contributed by atoms with E-state index in [-0.39, 0.29) is 5.91 Å². The third-order valence-electron chi connectivity index (χ3n) is 3.70. The van der Waals surface area contributed by atoms with Crippen LogP contribution in [0.4, 0.5) is 5.69 Å². The molecule has 0 unspecified atom stereocenters. The lowest BCUT2D eigenvalue weighted by Gasteiger charge is -2.32. The molecule has 21 heavy (non-hydrogen) atoms. The average molecular weight is 282 g/mol. The average Bonchev–Trinajstić information content (AvgIpc) is 2.47. The highest BCUT2D eigenvalue weighted by molar-refractivity contribution is 5.91. The van der Waals surface area contributed by atoms with Crippen LogP contribution in [-0.2, 0) is 9.53 Å². The van der Waals surface area contributed by atoms with Gasteiger partial charge in [-0.05, 0) is 29.3 Å². The number of aromatic nitrogens is 1. The van der Waals surface area contributed by atoms with E-state index in [1.54, 1.807) is 13.1 Å². The summed E-state index contributed by atoms with van der Waals surface area (Å²) in [6.07, 6.45) is 3.60. The Morgan fingerprint density at radius 3 is 2.52 bits per heavy atom. The molecule has 0 atom stereocenters. The number of carbonyl (C=O) groups excluding carboxylic acids is 1. The highest BCUT2D eigenvalue weighted by Crippen LogP contribution is 2.24. The predicted molar refractivity (Wildman–Crippen MR) is 82.0 cm³/mol. The van der Waals surface area contributed by atoms with Crippen molar-refractivity contribution in [2.45, 2.75) is 6.92 Å². The maximum atomic E-state index is 11.8. The lowest BCUT2D eigenvalue weighted by Crippen LogP contribution is -2.41. The van der Waals surface area contributed by atoms with Crippen molar-refractivity contribution in [1.29, 1.82) is 0 Å². The molecule has 4 heteroatoms. The Balaban J connectivity index is 1.79. The Hall–Kier alpha value is -2.20. The number of carbonyl (C=O) groups is 1. The number of ether oxygens (including phenoxy) is 1. The lowest BCUT2D eigenvalue weighted by atomic mass is 10.1. The van der Waals surface area contributed by atoms with Gasteiger partial charge in [-0.2, -0.15) is 0 Å².